The van der Waals surface area contributed by atoms with E-state index in [0.717, 1.165) is 55.5 Å². The zero-order chi connectivity index (χ0) is 19.9. The molecule has 4 rings (SSSR count). The summed E-state index contributed by atoms with van der Waals surface area (Å²) in [6, 6.07) is 18.6. The van der Waals surface area contributed by atoms with E-state index >= 15 is 0 Å². The van der Waals surface area contributed by atoms with Crippen molar-refractivity contribution in [3.63, 3.8) is 0 Å². The van der Waals surface area contributed by atoms with Crippen LogP contribution in [-0.4, -0.2) is 34.9 Å². The summed E-state index contributed by atoms with van der Waals surface area (Å²) >= 11 is 0. The van der Waals surface area contributed by atoms with E-state index in [-0.39, 0.29) is 0 Å². The first-order chi connectivity index (χ1) is 14.3. The second kappa shape index (κ2) is 9.37. The van der Waals surface area contributed by atoms with E-state index in [1.807, 2.05) is 31.2 Å². The lowest BCUT2D eigenvalue weighted by molar-refractivity contribution is 0.342. The van der Waals surface area contributed by atoms with Crippen LogP contribution >= 0.6 is 0 Å². The van der Waals surface area contributed by atoms with Crippen molar-refractivity contribution >= 4 is 17.5 Å². The molecule has 1 aromatic heterocycles. The summed E-state index contributed by atoms with van der Waals surface area (Å²) in [7, 11) is 0. The highest BCUT2D eigenvalue weighted by Gasteiger charge is 2.21. The van der Waals surface area contributed by atoms with Crippen LogP contribution in [0.15, 0.2) is 60.8 Å². The average molecular weight is 390 g/mol. The summed E-state index contributed by atoms with van der Waals surface area (Å²) in [6.45, 7) is 4.56. The Bertz CT molecular complexity index is 910. The second-order valence-electron chi connectivity index (χ2n) is 7.31. The number of nitrogens with one attached hydrogen (secondary N) is 1. The van der Waals surface area contributed by atoms with E-state index in [9.17, 15) is 0 Å². The Morgan fingerprint density at radius 1 is 1.03 bits per heavy atom. The number of benzene rings is 2. The van der Waals surface area contributed by atoms with Crippen LogP contribution in [0, 0.1) is 5.92 Å². The van der Waals surface area contributed by atoms with Gasteiger partial charge in [0, 0.05) is 13.1 Å². The molecule has 1 aliphatic heterocycles. The maximum Gasteiger partial charge on any atom is 0.249 e. The fraction of sp³-hybridized carbons (Fsp3) is 0.348. The number of hydrogen-bond acceptors (Lipinski definition) is 6. The first-order valence-electron chi connectivity index (χ1n) is 10.3. The largest absolute Gasteiger partial charge is 0.492 e. The standard InChI is InChI=1S/C23H27N5O/c1-2-29-21-11-7-6-10-20(21)25-23-26-22(17-24-27-23)28-14-12-19(13-15-28)16-18-8-4-3-5-9-18/h3-11,17,19H,2,12-16H2,1H3,(H,25,26,27). The highest BCUT2D eigenvalue weighted by atomic mass is 16.5. The monoisotopic (exact) mass is 389 g/mol. The van der Waals surface area contributed by atoms with Crippen molar-refractivity contribution < 1.29 is 4.74 Å². The van der Waals surface area contributed by atoms with E-state index in [1.54, 1.807) is 6.20 Å². The van der Waals surface area contributed by atoms with E-state index in [4.69, 9.17) is 4.74 Å². The Kier molecular flexibility index (Phi) is 6.19. The highest BCUT2D eigenvalue weighted by molar-refractivity contribution is 5.62. The number of nitrogens with zero attached hydrogens (tertiary/aromatic N) is 4. The molecule has 2 heterocycles. The van der Waals surface area contributed by atoms with Crippen molar-refractivity contribution in [2.75, 3.05) is 29.9 Å². The minimum atomic E-state index is 0.487. The van der Waals surface area contributed by atoms with Gasteiger partial charge in [-0.1, -0.05) is 42.5 Å². The molecule has 0 spiro atoms. The third-order valence-corrected chi connectivity index (χ3v) is 5.29. The van der Waals surface area contributed by atoms with Gasteiger partial charge in [0.2, 0.25) is 5.95 Å². The lowest BCUT2D eigenvalue weighted by Gasteiger charge is -2.32. The van der Waals surface area contributed by atoms with E-state index < -0.39 is 0 Å². The smallest absolute Gasteiger partial charge is 0.249 e. The summed E-state index contributed by atoms with van der Waals surface area (Å²) in [5.41, 5.74) is 2.27. The number of aromatic nitrogens is 3. The van der Waals surface area contributed by atoms with E-state index in [2.05, 4.69) is 55.7 Å². The van der Waals surface area contributed by atoms with Gasteiger partial charge in [-0.05, 0) is 49.8 Å². The molecular formula is C23H27N5O. The molecule has 0 unspecified atom stereocenters. The molecule has 0 saturated carbocycles. The molecule has 3 aromatic rings. The maximum atomic E-state index is 5.67. The Balaban J connectivity index is 1.38. The highest BCUT2D eigenvalue weighted by Crippen LogP contribution is 2.28. The molecule has 6 heteroatoms. The van der Waals surface area contributed by atoms with E-state index in [0.29, 0.717) is 12.6 Å². The predicted octanol–water partition coefficient (Wildman–Crippen LogP) is 4.47. The third kappa shape index (κ3) is 5.02. The van der Waals surface area contributed by atoms with Gasteiger partial charge in [-0.2, -0.15) is 10.1 Å². The lowest BCUT2D eigenvalue weighted by atomic mass is 9.90. The van der Waals surface area contributed by atoms with E-state index in [1.165, 1.54) is 5.56 Å². The average Bonchev–Trinajstić information content (AvgIpc) is 2.77. The van der Waals surface area contributed by atoms with Gasteiger partial charge in [-0.3, -0.25) is 0 Å². The van der Waals surface area contributed by atoms with Crippen LogP contribution in [0.25, 0.3) is 0 Å². The van der Waals surface area contributed by atoms with Crippen molar-refractivity contribution in [2.45, 2.75) is 26.2 Å². The second-order valence-corrected chi connectivity index (χ2v) is 7.31. The molecule has 29 heavy (non-hydrogen) atoms. The molecule has 0 atom stereocenters. The third-order valence-electron chi connectivity index (χ3n) is 5.29. The number of para-hydroxylation sites is 2. The molecule has 0 amide bonds. The Morgan fingerprint density at radius 3 is 2.59 bits per heavy atom. The predicted molar refractivity (Wildman–Crippen MR) is 116 cm³/mol. The molecule has 1 saturated heterocycles. The molecule has 1 N–H and O–H groups in total. The zero-order valence-corrected chi connectivity index (χ0v) is 16.8. The zero-order valence-electron chi connectivity index (χ0n) is 16.8. The van der Waals surface area contributed by atoms with Crippen molar-refractivity contribution in [3.8, 4) is 5.75 Å². The quantitative estimate of drug-likeness (QED) is 0.643. The number of piperidine rings is 1. The minimum Gasteiger partial charge on any atom is -0.492 e. The van der Waals surface area contributed by atoms with Gasteiger partial charge >= 0.3 is 0 Å². The van der Waals surface area contributed by atoms with Crippen molar-refractivity contribution in [2.24, 2.45) is 5.92 Å². The van der Waals surface area contributed by atoms with Crippen LogP contribution in [0.1, 0.15) is 25.3 Å². The summed E-state index contributed by atoms with van der Waals surface area (Å²) < 4.78 is 5.67. The SMILES string of the molecule is CCOc1ccccc1Nc1nncc(N2CCC(Cc3ccccc3)CC2)n1. The first kappa shape index (κ1) is 19.2. The fourth-order valence-corrected chi connectivity index (χ4v) is 3.79. The topological polar surface area (TPSA) is 63.2 Å². The Labute approximate surface area is 172 Å². The van der Waals surface area contributed by atoms with Crippen LogP contribution in [0.2, 0.25) is 0 Å². The molecular weight excluding hydrogens is 362 g/mol. The molecule has 0 aliphatic carbocycles. The number of anilines is 3. The maximum absolute atomic E-state index is 5.67. The number of hydrogen-bond donors (Lipinski definition) is 1. The van der Waals surface area contributed by atoms with Crippen molar-refractivity contribution in [1.82, 2.24) is 15.2 Å². The number of rotatable bonds is 7. The van der Waals surface area contributed by atoms with Crippen LogP contribution in [0.4, 0.5) is 17.5 Å². The Hall–Kier alpha value is -3.15. The van der Waals surface area contributed by atoms with Crippen molar-refractivity contribution in [3.05, 3.63) is 66.4 Å². The normalized spacial score (nSPS) is 14.6. The molecule has 0 bridgehead atoms. The van der Waals surface area contributed by atoms with Gasteiger partial charge in [0.05, 0.1) is 18.5 Å². The van der Waals surface area contributed by atoms with Crippen LogP contribution in [0.3, 0.4) is 0 Å². The van der Waals surface area contributed by atoms with Gasteiger partial charge in [0.25, 0.3) is 0 Å². The summed E-state index contributed by atoms with van der Waals surface area (Å²) in [6.07, 6.45) is 5.22. The molecule has 1 aliphatic rings. The molecule has 150 valence electrons. The molecule has 2 aromatic carbocycles. The Morgan fingerprint density at radius 2 is 1.79 bits per heavy atom. The first-order valence-corrected chi connectivity index (χ1v) is 10.3. The van der Waals surface area contributed by atoms with Crippen LogP contribution < -0.4 is 15.0 Å². The van der Waals surface area contributed by atoms with Gasteiger partial charge in [0.1, 0.15) is 5.75 Å². The summed E-state index contributed by atoms with van der Waals surface area (Å²) in [5, 5.41) is 11.5. The summed E-state index contributed by atoms with van der Waals surface area (Å²) in [5.74, 6) is 2.86. The molecule has 0 radical (unpaired) electrons. The van der Waals surface area contributed by atoms with Crippen molar-refractivity contribution in [1.29, 1.82) is 0 Å². The summed E-state index contributed by atoms with van der Waals surface area (Å²) in [4.78, 5) is 6.99. The lowest BCUT2D eigenvalue weighted by Crippen LogP contribution is -2.35. The van der Waals surface area contributed by atoms with Crippen LogP contribution in [0.5, 0.6) is 5.75 Å². The molecule has 1 fully saturated rings. The fourth-order valence-electron chi connectivity index (χ4n) is 3.79. The molecule has 6 nitrogen and oxygen atoms in total. The van der Waals surface area contributed by atoms with Gasteiger partial charge in [0.15, 0.2) is 5.82 Å². The minimum absolute atomic E-state index is 0.487. The number of ether oxygens (including phenoxy) is 1. The van der Waals surface area contributed by atoms with Crippen LogP contribution in [-0.2, 0) is 6.42 Å². The van der Waals surface area contributed by atoms with Gasteiger partial charge in [-0.25, -0.2) is 0 Å². The van der Waals surface area contributed by atoms with Gasteiger partial charge < -0.3 is 15.0 Å². The van der Waals surface area contributed by atoms with Gasteiger partial charge in [-0.15, -0.1) is 5.10 Å².